The van der Waals surface area contributed by atoms with Gasteiger partial charge in [0, 0.05) is 13.1 Å². The molecule has 2 heterocycles. The van der Waals surface area contributed by atoms with Crippen molar-refractivity contribution in [3.8, 4) is 11.5 Å². The third kappa shape index (κ3) is 5.86. The van der Waals surface area contributed by atoms with Crippen molar-refractivity contribution in [3.05, 3.63) is 60.2 Å². The monoisotopic (exact) mass is 450 g/mol. The first-order valence-electron chi connectivity index (χ1n) is 12.0. The van der Waals surface area contributed by atoms with E-state index in [1.807, 2.05) is 54.3 Å². The summed E-state index contributed by atoms with van der Waals surface area (Å²) in [5, 5.41) is 3.19. The lowest BCUT2D eigenvalue weighted by atomic mass is 9.73. The molecule has 1 saturated heterocycles. The van der Waals surface area contributed by atoms with E-state index >= 15 is 0 Å². The van der Waals surface area contributed by atoms with Gasteiger partial charge in [0.05, 0.1) is 11.5 Å². The van der Waals surface area contributed by atoms with Crippen molar-refractivity contribution in [1.29, 1.82) is 0 Å². The largest absolute Gasteiger partial charge is 0.491 e. The van der Waals surface area contributed by atoms with Crippen molar-refractivity contribution in [2.24, 2.45) is 5.41 Å². The highest BCUT2D eigenvalue weighted by atomic mass is 16.5. The topological polar surface area (TPSA) is 67.9 Å². The number of rotatable bonds is 3. The summed E-state index contributed by atoms with van der Waals surface area (Å²) in [4.78, 5) is 27.9. The van der Waals surface area contributed by atoms with Gasteiger partial charge in [-0.3, -0.25) is 9.59 Å². The van der Waals surface area contributed by atoms with Crippen LogP contribution in [0.2, 0.25) is 0 Å². The van der Waals surface area contributed by atoms with E-state index in [0.29, 0.717) is 38.3 Å². The molecule has 1 atom stereocenters. The third-order valence-electron chi connectivity index (χ3n) is 6.85. The van der Waals surface area contributed by atoms with E-state index in [4.69, 9.17) is 9.47 Å². The van der Waals surface area contributed by atoms with Gasteiger partial charge in [-0.1, -0.05) is 42.8 Å². The molecule has 2 aliphatic rings. The summed E-state index contributed by atoms with van der Waals surface area (Å²) < 4.78 is 11.7. The smallest absolute Gasteiger partial charge is 0.260 e. The average Bonchev–Trinajstić information content (AvgIpc) is 2.85. The third-order valence-corrected chi connectivity index (χ3v) is 6.85. The Morgan fingerprint density at radius 3 is 2.58 bits per heavy atom. The second-order valence-corrected chi connectivity index (χ2v) is 9.26. The van der Waals surface area contributed by atoms with E-state index in [1.165, 1.54) is 5.56 Å². The molecule has 33 heavy (non-hydrogen) atoms. The number of carbonyl (C=O) groups excluding carboxylic acids is 2. The van der Waals surface area contributed by atoms with Crippen LogP contribution in [0.5, 0.6) is 11.5 Å². The summed E-state index contributed by atoms with van der Waals surface area (Å²) in [6.07, 6.45) is 5.14. The first-order chi connectivity index (χ1) is 16.1. The summed E-state index contributed by atoms with van der Waals surface area (Å²) in [5.41, 5.74) is 0.800. The van der Waals surface area contributed by atoms with E-state index in [1.54, 1.807) is 0 Å². The number of hydrogen-bond acceptors (Lipinski definition) is 4. The molecule has 176 valence electrons. The fourth-order valence-corrected chi connectivity index (χ4v) is 4.79. The van der Waals surface area contributed by atoms with Crippen LogP contribution in [0.25, 0.3) is 0 Å². The number of para-hydroxylation sites is 2. The number of fused-ring (bicyclic) bond motifs is 1. The van der Waals surface area contributed by atoms with Crippen LogP contribution in [-0.2, 0) is 16.0 Å². The summed E-state index contributed by atoms with van der Waals surface area (Å²) in [7, 11) is 0. The summed E-state index contributed by atoms with van der Waals surface area (Å²) in [5.74, 6) is 1.68. The lowest BCUT2D eigenvalue weighted by Gasteiger charge is -2.41. The van der Waals surface area contributed by atoms with Crippen molar-refractivity contribution < 1.29 is 19.1 Å². The van der Waals surface area contributed by atoms with Gasteiger partial charge in [-0.05, 0) is 62.8 Å². The Kier molecular flexibility index (Phi) is 7.53. The minimum Gasteiger partial charge on any atom is -0.491 e. The Labute approximate surface area is 196 Å². The number of benzene rings is 2. The van der Waals surface area contributed by atoms with Crippen LogP contribution in [0, 0.1) is 5.41 Å². The quantitative estimate of drug-likeness (QED) is 0.768. The van der Waals surface area contributed by atoms with Crippen molar-refractivity contribution in [3.63, 3.8) is 0 Å². The maximum atomic E-state index is 13.4. The predicted molar refractivity (Wildman–Crippen MR) is 127 cm³/mol. The molecule has 2 aromatic rings. The number of nitrogens with zero attached hydrogens (tertiary/aromatic N) is 1. The van der Waals surface area contributed by atoms with Crippen molar-refractivity contribution in [2.45, 2.75) is 51.5 Å². The van der Waals surface area contributed by atoms with Crippen molar-refractivity contribution in [2.75, 3.05) is 26.3 Å². The number of carbonyl (C=O) groups is 2. The molecule has 0 unspecified atom stereocenters. The minimum atomic E-state index is -0.427. The van der Waals surface area contributed by atoms with Crippen LogP contribution >= 0.6 is 0 Å². The normalized spacial score (nSPS) is 21.1. The van der Waals surface area contributed by atoms with Gasteiger partial charge in [-0.25, -0.2) is 0 Å². The molecule has 0 saturated carbocycles. The molecular weight excluding hydrogens is 416 g/mol. The van der Waals surface area contributed by atoms with Gasteiger partial charge < -0.3 is 19.7 Å². The molecule has 2 aromatic carbocycles. The summed E-state index contributed by atoms with van der Waals surface area (Å²) >= 11 is 0. The molecule has 0 aliphatic carbocycles. The Balaban J connectivity index is 1.37. The lowest BCUT2D eigenvalue weighted by Crippen LogP contribution is -2.53. The van der Waals surface area contributed by atoms with E-state index < -0.39 is 5.41 Å². The van der Waals surface area contributed by atoms with Gasteiger partial charge in [0.25, 0.3) is 5.91 Å². The maximum absolute atomic E-state index is 13.4. The van der Waals surface area contributed by atoms with Gasteiger partial charge in [-0.2, -0.15) is 0 Å². The van der Waals surface area contributed by atoms with Crippen molar-refractivity contribution >= 4 is 11.8 Å². The van der Waals surface area contributed by atoms with Crippen LogP contribution in [0.1, 0.15) is 44.6 Å². The highest BCUT2D eigenvalue weighted by Crippen LogP contribution is 2.38. The predicted octanol–water partition coefficient (Wildman–Crippen LogP) is 3.98. The molecule has 6 nitrogen and oxygen atoms in total. The fraction of sp³-hybridized carbons (Fsp3) is 0.481. The molecule has 0 aromatic heterocycles. The highest BCUT2D eigenvalue weighted by Gasteiger charge is 2.42. The van der Waals surface area contributed by atoms with E-state index in [2.05, 4.69) is 17.4 Å². The first-order valence-corrected chi connectivity index (χ1v) is 12.0. The molecule has 1 spiro atoms. The Morgan fingerprint density at radius 1 is 1.06 bits per heavy atom. The Bertz CT molecular complexity index is 938. The molecule has 1 N–H and O–H groups in total. The van der Waals surface area contributed by atoms with Crippen LogP contribution in [-0.4, -0.2) is 49.1 Å². The van der Waals surface area contributed by atoms with Gasteiger partial charge in [-0.15, -0.1) is 0 Å². The number of likely N-dealkylation sites (tertiary alicyclic amines) is 1. The SMILES string of the molecule is C[C@@H]1COc2ccccc2CCCCC2(CCN(C(=O)COc3ccccc3)CC2)C(=O)N1. The summed E-state index contributed by atoms with van der Waals surface area (Å²) in [6.45, 7) is 3.62. The standard InChI is InChI=1S/C27H34N2O4/c1-21-19-33-24-13-6-5-9-22(24)10-7-8-14-27(26(31)28-21)15-17-29(18-16-27)25(30)20-32-23-11-3-2-4-12-23/h2-6,9,11-13,21H,7-8,10,14-20H2,1H3,(H,28,31)/t21-/m1/s1. The average molecular weight is 451 g/mol. The molecule has 6 heteroatoms. The van der Waals surface area contributed by atoms with Gasteiger partial charge in [0.15, 0.2) is 6.61 Å². The van der Waals surface area contributed by atoms with Gasteiger partial charge in [0.2, 0.25) is 5.91 Å². The number of piperidine rings is 1. The maximum Gasteiger partial charge on any atom is 0.260 e. The van der Waals surface area contributed by atoms with Crippen LogP contribution in [0.4, 0.5) is 0 Å². The number of amides is 2. The molecule has 2 amide bonds. The summed E-state index contributed by atoms with van der Waals surface area (Å²) in [6, 6.07) is 17.5. The molecule has 1 fully saturated rings. The highest BCUT2D eigenvalue weighted by molar-refractivity contribution is 5.84. The van der Waals surface area contributed by atoms with Gasteiger partial charge in [0.1, 0.15) is 18.1 Å². The van der Waals surface area contributed by atoms with Crippen molar-refractivity contribution in [1.82, 2.24) is 10.2 Å². The molecule has 0 bridgehead atoms. The van der Waals surface area contributed by atoms with Gasteiger partial charge >= 0.3 is 0 Å². The zero-order valence-electron chi connectivity index (χ0n) is 19.4. The Hall–Kier alpha value is -3.02. The molecule has 4 rings (SSSR count). The second-order valence-electron chi connectivity index (χ2n) is 9.26. The minimum absolute atomic E-state index is 0.0248. The first kappa shape index (κ1) is 23.1. The number of nitrogens with one attached hydrogen (secondary N) is 1. The molecular formula is C27H34N2O4. The number of hydrogen-bond donors (Lipinski definition) is 1. The van der Waals surface area contributed by atoms with E-state index in [0.717, 1.165) is 31.4 Å². The lowest BCUT2D eigenvalue weighted by molar-refractivity contribution is -0.142. The number of ether oxygens (including phenoxy) is 2. The molecule has 2 aliphatic heterocycles. The molecule has 0 radical (unpaired) electrons. The van der Waals surface area contributed by atoms with E-state index in [-0.39, 0.29) is 24.5 Å². The number of aryl methyl sites for hydroxylation is 1. The van der Waals surface area contributed by atoms with E-state index in [9.17, 15) is 9.59 Å². The zero-order valence-corrected chi connectivity index (χ0v) is 19.4. The second kappa shape index (κ2) is 10.7. The van der Waals surface area contributed by atoms with Crippen LogP contribution < -0.4 is 14.8 Å². The van der Waals surface area contributed by atoms with Crippen LogP contribution in [0.15, 0.2) is 54.6 Å². The van der Waals surface area contributed by atoms with Crippen LogP contribution in [0.3, 0.4) is 0 Å². The fourth-order valence-electron chi connectivity index (χ4n) is 4.79. The zero-order chi connectivity index (χ0) is 23.1. The Morgan fingerprint density at radius 2 is 1.79 bits per heavy atom.